The fourth-order valence-corrected chi connectivity index (χ4v) is 2.57. The quantitative estimate of drug-likeness (QED) is 0.864. The third kappa shape index (κ3) is 3.20. The maximum Gasteiger partial charge on any atom is 0.119 e. The molecule has 1 heterocycles. The van der Waals surface area contributed by atoms with Crippen LogP contribution >= 0.6 is 0 Å². The molecule has 1 aromatic rings. The number of methoxy groups -OCH3 is 1. The Morgan fingerprint density at radius 2 is 2.24 bits per heavy atom. The van der Waals surface area contributed by atoms with E-state index in [1.54, 1.807) is 7.11 Å². The molecule has 1 aromatic carbocycles. The first-order valence-corrected chi connectivity index (χ1v) is 6.28. The molecule has 3 heteroatoms. The van der Waals surface area contributed by atoms with E-state index in [1.165, 1.54) is 12.0 Å². The summed E-state index contributed by atoms with van der Waals surface area (Å²) in [5.74, 6) is 0.942. The van der Waals surface area contributed by atoms with Gasteiger partial charge >= 0.3 is 0 Å². The first-order valence-electron chi connectivity index (χ1n) is 6.28. The molecule has 94 valence electrons. The van der Waals surface area contributed by atoms with Crippen LogP contribution in [0.1, 0.15) is 18.4 Å². The molecular formula is C14H22N2O. The number of likely N-dealkylation sites (tertiary alicyclic amines) is 1. The van der Waals surface area contributed by atoms with Crippen LogP contribution in [-0.2, 0) is 6.42 Å². The molecule has 2 atom stereocenters. The molecule has 0 amide bonds. The Balaban J connectivity index is 2.00. The van der Waals surface area contributed by atoms with Crippen LogP contribution in [-0.4, -0.2) is 37.7 Å². The van der Waals surface area contributed by atoms with Gasteiger partial charge in [-0.05, 0) is 44.0 Å². The fraction of sp³-hybridized carbons (Fsp3) is 0.571. The van der Waals surface area contributed by atoms with Gasteiger partial charge in [0, 0.05) is 18.6 Å². The predicted molar refractivity (Wildman–Crippen MR) is 70.3 cm³/mol. The van der Waals surface area contributed by atoms with E-state index >= 15 is 0 Å². The Hall–Kier alpha value is -1.06. The Morgan fingerprint density at radius 3 is 2.94 bits per heavy atom. The van der Waals surface area contributed by atoms with Crippen LogP contribution in [0.3, 0.4) is 0 Å². The predicted octanol–water partition coefficient (Wildman–Crippen LogP) is 1.66. The fourth-order valence-electron chi connectivity index (χ4n) is 2.57. The number of piperidine rings is 1. The zero-order valence-corrected chi connectivity index (χ0v) is 10.7. The highest BCUT2D eigenvalue weighted by Crippen LogP contribution is 2.21. The van der Waals surface area contributed by atoms with Crippen molar-refractivity contribution < 1.29 is 4.74 Å². The molecule has 17 heavy (non-hydrogen) atoms. The van der Waals surface area contributed by atoms with Crippen molar-refractivity contribution in [3.05, 3.63) is 29.8 Å². The number of hydrogen-bond acceptors (Lipinski definition) is 3. The Labute approximate surface area is 104 Å². The molecule has 2 rings (SSSR count). The zero-order chi connectivity index (χ0) is 12.3. The lowest BCUT2D eigenvalue weighted by atomic mass is 9.94. The molecule has 0 radical (unpaired) electrons. The van der Waals surface area contributed by atoms with Gasteiger partial charge in [-0.2, -0.15) is 0 Å². The summed E-state index contributed by atoms with van der Waals surface area (Å²) < 4.78 is 5.25. The maximum absolute atomic E-state index is 5.96. The molecule has 2 unspecified atom stereocenters. The van der Waals surface area contributed by atoms with Gasteiger partial charge < -0.3 is 15.4 Å². The van der Waals surface area contributed by atoms with Gasteiger partial charge in [-0.15, -0.1) is 0 Å². The van der Waals surface area contributed by atoms with Crippen molar-refractivity contribution in [1.82, 2.24) is 4.90 Å². The van der Waals surface area contributed by atoms with Gasteiger partial charge in [-0.3, -0.25) is 0 Å². The first kappa shape index (κ1) is 12.4. The van der Waals surface area contributed by atoms with E-state index in [2.05, 4.69) is 30.1 Å². The van der Waals surface area contributed by atoms with Crippen LogP contribution in [0, 0.1) is 0 Å². The van der Waals surface area contributed by atoms with Gasteiger partial charge in [-0.25, -0.2) is 0 Å². The molecule has 0 aromatic heterocycles. The summed E-state index contributed by atoms with van der Waals surface area (Å²) >= 11 is 0. The van der Waals surface area contributed by atoms with E-state index in [9.17, 15) is 0 Å². The van der Waals surface area contributed by atoms with Crippen molar-refractivity contribution in [3.8, 4) is 5.75 Å². The molecule has 1 aliphatic heterocycles. The molecular weight excluding hydrogens is 212 g/mol. The minimum atomic E-state index is 0.349. The highest BCUT2D eigenvalue weighted by molar-refractivity contribution is 5.29. The Kier molecular flexibility index (Phi) is 4.02. The summed E-state index contributed by atoms with van der Waals surface area (Å²) in [7, 11) is 3.88. The molecule has 0 saturated carbocycles. The van der Waals surface area contributed by atoms with Gasteiger partial charge in [0.1, 0.15) is 5.75 Å². The summed E-state index contributed by atoms with van der Waals surface area (Å²) in [6.07, 6.45) is 3.41. The van der Waals surface area contributed by atoms with Crippen molar-refractivity contribution >= 4 is 0 Å². The standard InChI is InChI=1S/C14H22N2O/c1-16-10-12(15)6-7-13(16)8-11-4-3-5-14(9-11)17-2/h3-5,9,12-13H,6-8,10,15H2,1-2H3. The molecule has 0 spiro atoms. The summed E-state index contributed by atoms with van der Waals surface area (Å²) in [5.41, 5.74) is 7.31. The minimum absolute atomic E-state index is 0.349. The van der Waals surface area contributed by atoms with Crippen molar-refractivity contribution in [3.63, 3.8) is 0 Å². The van der Waals surface area contributed by atoms with Crippen LogP contribution < -0.4 is 10.5 Å². The lowest BCUT2D eigenvalue weighted by molar-refractivity contribution is 0.167. The second-order valence-electron chi connectivity index (χ2n) is 4.99. The lowest BCUT2D eigenvalue weighted by Gasteiger charge is -2.35. The number of likely N-dealkylation sites (N-methyl/N-ethyl adjacent to an activating group) is 1. The van der Waals surface area contributed by atoms with Crippen molar-refractivity contribution in [2.75, 3.05) is 20.7 Å². The number of nitrogens with zero attached hydrogens (tertiary/aromatic N) is 1. The van der Waals surface area contributed by atoms with Gasteiger partial charge in [-0.1, -0.05) is 12.1 Å². The van der Waals surface area contributed by atoms with E-state index < -0.39 is 0 Å². The van der Waals surface area contributed by atoms with E-state index in [0.29, 0.717) is 12.1 Å². The SMILES string of the molecule is COc1cccc(CC2CCC(N)CN2C)c1. The molecule has 0 aliphatic carbocycles. The normalized spacial score (nSPS) is 25.8. The summed E-state index contributed by atoms with van der Waals surface area (Å²) in [4.78, 5) is 2.38. The highest BCUT2D eigenvalue weighted by atomic mass is 16.5. The van der Waals surface area contributed by atoms with Gasteiger partial charge in [0.2, 0.25) is 0 Å². The van der Waals surface area contributed by atoms with E-state index in [0.717, 1.165) is 25.1 Å². The van der Waals surface area contributed by atoms with Crippen molar-refractivity contribution in [2.45, 2.75) is 31.3 Å². The van der Waals surface area contributed by atoms with Crippen LogP contribution in [0.15, 0.2) is 24.3 Å². The molecule has 2 N–H and O–H groups in total. The summed E-state index contributed by atoms with van der Waals surface area (Å²) in [6.45, 7) is 1.01. The average molecular weight is 234 g/mol. The van der Waals surface area contributed by atoms with Crippen LogP contribution in [0.2, 0.25) is 0 Å². The third-order valence-corrected chi connectivity index (χ3v) is 3.62. The number of hydrogen-bond donors (Lipinski definition) is 1. The van der Waals surface area contributed by atoms with E-state index in [1.807, 2.05) is 6.07 Å². The van der Waals surface area contributed by atoms with Crippen molar-refractivity contribution in [1.29, 1.82) is 0 Å². The molecule has 1 aliphatic rings. The molecule has 0 bridgehead atoms. The summed E-state index contributed by atoms with van der Waals surface area (Å²) in [6, 6.07) is 9.31. The van der Waals surface area contributed by atoms with Crippen LogP contribution in [0.25, 0.3) is 0 Å². The van der Waals surface area contributed by atoms with Gasteiger partial charge in [0.15, 0.2) is 0 Å². The number of rotatable bonds is 3. The average Bonchev–Trinajstić information content (AvgIpc) is 2.33. The topological polar surface area (TPSA) is 38.5 Å². The largest absolute Gasteiger partial charge is 0.497 e. The van der Waals surface area contributed by atoms with Crippen LogP contribution in [0.4, 0.5) is 0 Å². The molecule has 1 fully saturated rings. The second-order valence-corrected chi connectivity index (χ2v) is 4.99. The van der Waals surface area contributed by atoms with Gasteiger partial charge in [0.25, 0.3) is 0 Å². The maximum atomic E-state index is 5.96. The van der Waals surface area contributed by atoms with Crippen molar-refractivity contribution in [2.24, 2.45) is 5.73 Å². The van der Waals surface area contributed by atoms with Gasteiger partial charge in [0.05, 0.1) is 7.11 Å². The number of benzene rings is 1. The van der Waals surface area contributed by atoms with Crippen LogP contribution in [0.5, 0.6) is 5.75 Å². The Bertz CT molecular complexity index is 367. The minimum Gasteiger partial charge on any atom is -0.497 e. The molecule has 1 saturated heterocycles. The smallest absolute Gasteiger partial charge is 0.119 e. The second kappa shape index (κ2) is 5.52. The first-order chi connectivity index (χ1) is 8.19. The monoisotopic (exact) mass is 234 g/mol. The van der Waals surface area contributed by atoms with E-state index in [4.69, 9.17) is 10.5 Å². The number of nitrogens with two attached hydrogens (primary N) is 1. The summed E-state index contributed by atoms with van der Waals surface area (Å²) in [5, 5.41) is 0. The lowest BCUT2D eigenvalue weighted by Crippen LogP contribution is -2.47. The van der Waals surface area contributed by atoms with E-state index in [-0.39, 0.29) is 0 Å². The zero-order valence-electron chi connectivity index (χ0n) is 10.7. The Morgan fingerprint density at radius 1 is 1.41 bits per heavy atom. The number of ether oxygens (including phenoxy) is 1. The third-order valence-electron chi connectivity index (χ3n) is 3.62. The highest BCUT2D eigenvalue weighted by Gasteiger charge is 2.23. The molecule has 3 nitrogen and oxygen atoms in total.